The van der Waals surface area contributed by atoms with E-state index in [4.69, 9.17) is 16.6 Å². The normalized spacial score (nSPS) is 15.7. The third-order valence-electron chi connectivity index (χ3n) is 0.929. The van der Waals surface area contributed by atoms with Crippen molar-refractivity contribution >= 4 is 0 Å². The Labute approximate surface area is 54.8 Å². The van der Waals surface area contributed by atoms with Gasteiger partial charge in [-0.25, -0.2) is 0 Å². The van der Waals surface area contributed by atoms with E-state index in [9.17, 15) is 0 Å². The van der Waals surface area contributed by atoms with Crippen LogP contribution in [0.3, 0.4) is 0 Å². The van der Waals surface area contributed by atoms with Gasteiger partial charge in [-0.05, 0) is 0 Å². The second-order valence-electron chi connectivity index (χ2n) is 1.72. The fraction of sp³-hybridized carbons (Fsp3) is 0.429. The molecule has 0 unspecified atom stereocenters. The van der Waals surface area contributed by atoms with Crippen molar-refractivity contribution in [3.8, 4) is 12.3 Å². The van der Waals surface area contributed by atoms with Crippen LogP contribution in [-0.4, -0.2) is 22.4 Å². The van der Waals surface area contributed by atoms with Crippen LogP contribution in [-0.2, 0) is 0 Å². The maximum atomic E-state index is 8.79. The number of aliphatic hydroxyl groups excluding tert-OH is 2. The zero-order valence-electron chi connectivity index (χ0n) is 5.12. The van der Waals surface area contributed by atoms with E-state index in [2.05, 4.69) is 12.5 Å². The average Bonchev–Trinajstić information content (AvgIpc) is 1.87. The van der Waals surface area contributed by atoms with Gasteiger partial charge in [-0.2, -0.15) is 0 Å². The molecule has 0 aromatic rings. The summed E-state index contributed by atoms with van der Waals surface area (Å²) in [6, 6.07) is 0. The molecule has 9 heavy (non-hydrogen) atoms. The van der Waals surface area contributed by atoms with E-state index in [-0.39, 0.29) is 6.42 Å². The first-order chi connectivity index (χ1) is 4.20. The van der Waals surface area contributed by atoms with Crippen LogP contribution in [0, 0.1) is 12.3 Å². The summed E-state index contributed by atoms with van der Waals surface area (Å²) in [5.74, 6) is 2.08. The van der Waals surface area contributed by atoms with Gasteiger partial charge in [-0.3, -0.25) is 0 Å². The molecule has 0 radical (unpaired) electrons. The standard InChI is InChI=1S/C7H10O2/c1-3-6(8)5-7(9)4-2/h1,4,6-9H,2,5H2/t6-,7+/m0/s1. The number of aliphatic hydroxyl groups is 2. The molecule has 0 aromatic heterocycles. The fourth-order valence-corrected chi connectivity index (χ4v) is 0.393. The SMILES string of the molecule is C#C[C@H](O)C[C@H](O)C=C. The van der Waals surface area contributed by atoms with Crippen molar-refractivity contribution in [1.82, 2.24) is 0 Å². The highest BCUT2D eigenvalue weighted by Gasteiger charge is 2.03. The first-order valence-corrected chi connectivity index (χ1v) is 2.65. The Balaban J connectivity index is 3.49. The van der Waals surface area contributed by atoms with Gasteiger partial charge in [0.15, 0.2) is 0 Å². The summed E-state index contributed by atoms with van der Waals surface area (Å²) in [6.07, 6.45) is 4.77. The maximum Gasteiger partial charge on any atom is 0.117 e. The molecule has 0 saturated heterocycles. The van der Waals surface area contributed by atoms with E-state index in [1.165, 1.54) is 6.08 Å². The van der Waals surface area contributed by atoms with Gasteiger partial charge in [0.2, 0.25) is 0 Å². The lowest BCUT2D eigenvalue weighted by atomic mass is 10.2. The molecule has 2 atom stereocenters. The third-order valence-corrected chi connectivity index (χ3v) is 0.929. The molecule has 0 spiro atoms. The van der Waals surface area contributed by atoms with E-state index < -0.39 is 12.2 Å². The topological polar surface area (TPSA) is 40.5 Å². The smallest absolute Gasteiger partial charge is 0.117 e. The number of rotatable bonds is 3. The van der Waals surface area contributed by atoms with Gasteiger partial charge >= 0.3 is 0 Å². The molecule has 0 rings (SSSR count). The first kappa shape index (κ1) is 8.22. The summed E-state index contributed by atoms with van der Waals surface area (Å²) in [6.45, 7) is 3.32. The van der Waals surface area contributed by atoms with Gasteiger partial charge in [-0.1, -0.05) is 12.0 Å². The van der Waals surface area contributed by atoms with Gasteiger partial charge in [0, 0.05) is 6.42 Å². The predicted octanol–water partition coefficient (Wildman–Crippen LogP) is -0.0825. The quantitative estimate of drug-likeness (QED) is 0.410. The minimum absolute atomic E-state index is 0.167. The Morgan fingerprint density at radius 2 is 2.22 bits per heavy atom. The summed E-state index contributed by atoms with van der Waals surface area (Å²) in [5.41, 5.74) is 0. The zero-order valence-corrected chi connectivity index (χ0v) is 5.12. The maximum absolute atomic E-state index is 8.79. The van der Waals surface area contributed by atoms with Crippen LogP contribution in [0.1, 0.15) is 6.42 Å². The van der Waals surface area contributed by atoms with Crippen molar-refractivity contribution < 1.29 is 10.2 Å². The molecule has 0 saturated carbocycles. The molecule has 0 aliphatic carbocycles. The molecule has 0 fully saturated rings. The molecular weight excluding hydrogens is 116 g/mol. The second-order valence-corrected chi connectivity index (χ2v) is 1.72. The van der Waals surface area contributed by atoms with Crippen LogP contribution in [0.2, 0.25) is 0 Å². The van der Waals surface area contributed by atoms with Gasteiger partial charge in [0.1, 0.15) is 6.10 Å². The van der Waals surface area contributed by atoms with Crippen molar-refractivity contribution in [2.45, 2.75) is 18.6 Å². The molecule has 0 heterocycles. The summed E-state index contributed by atoms with van der Waals surface area (Å²) >= 11 is 0. The molecule has 0 aliphatic heterocycles. The van der Waals surface area contributed by atoms with Crippen molar-refractivity contribution in [2.24, 2.45) is 0 Å². The van der Waals surface area contributed by atoms with Crippen molar-refractivity contribution in [2.75, 3.05) is 0 Å². The molecule has 0 amide bonds. The van der Waals surface area contributed by atoms with Gasteiger partial charge in [0.25, 0.3) is 0 Å². The Hall–Kier alpha value is -0.780. The van der Waals surface area contributed by atoms with E-state index in [1.54, 1.807) is 0 Å². The average molecular weight is 126 g/mol. The Morgan fingerprint density at radius 3 is 2.56 bits per heavy atom. The van der Waals surface area contributed by atoms with Gasteiger partial charge in [0.05, 0.1) is 6.10 Å². The van der Waals surface area contributed by atoms with Crippen LogP contribution in [0.5, 0.6) is 0 Å². The van der Waals surface area contributed by atoms with Crippen LogP contribution in [0.4, 0.5) is 0 Å². The highest BCUT2D eigenvalue weighted by Crippen LogP contribution is 1.96. The molecule has 2 N–H and O–H groups in total. The second kappa shape index (κ2) is 4.13. The van der Waals surface area contributed by atoms with Crippen molar-refractivity contribution in [3.05, 3.63) is 12.7 Å². The third kappa shape index (κ3) is 3.77. The summed E-state index contributed by atoms with van der Waals surface area (Å²) in [5, 5.41) is 17.5. The van der Waals surface area contributed by atoms with Crippen molar-refractivity contribution in [1.29, 1.82) is 0 Å². The predicted molar refractivity (Wildman–Crippen MR) is 35.7 cm³/mol. The summed E-state index contributed by atoms with van der Waals surface area (Å²) in [7, 11) is 0. The minimum atomic E-state index is -0.863. The number of hydrogen-bond donors (Lipinski definition) is 2. The van der Waals surface area contributed by atoms with Crippen LogP contribution < -0.4 is 0 Å². The van der Waals surface area contributed by atoms with Crippen LogP contribution in [0.25, 0.3) is 0 Å². The van der Waals surface area contributed by atoms with Crippen LogP contribution >= 0.6 is 0 Å². The van der Waals surface area contributed by atoms with Gasteiger partial charge < -0.3 is 10.2 Å². The summed E-state index contributed by atoms with van der Waals surface area (Å²) < 4.78 is 0. The molecular formula is C7H10O2. The highest BCUT2D eigenvalue weighted by atomic mass is 16.3. The number of terminal acetylenes is 1. The van der Waals surface area contributed by atoms with Crippen LogP contribution in [0.15, 0.2) is 12.7 Å². The largest absolute Gasteiger partial charge is 0.389 e. The lowest BCUT2D eigenvalue weighted by Crippen LogP contribution is -2.13. The minimum Gasteiger partial charge on any atom is -0.389 e. The highest BCUT2D eigenvalue weighted by molar-refractivity contribution is 4.96. The van der Waals surface area contributed by atoms with E-state index in [0.717, 1.165) is 0 Å². The lowest BCUT2D eigenvalue weighted by molar-refractivity contribution is 0.138. The van der Waals surface area contributed by atoms with Crippen molar-refractivity contribution in [3.63, 3.8) is 0 Å². The first-order valence-electron chi connectivity index (χ1n) is 2.65. The summed E-state index contributed by atoms with van der Waals surface area (Å²) in [4.78, 5) is 0. The van der Waals surface area contributed by atoms with Gasteiger partial charge in [-0.15, -0.1) is 13.0 Å². The monoisotopic (exact) mass is 126 g/mol. The van der Waals surface area contributed by atoms with E-state index >= 15 is 0 Å². The molecule has 2 nitrogen and oxygen atoms in total. The fourth-order valence-electron chi connectivity index (χ4n) is 0.393. The molecule has 50 valence electrons. The Bertz CT molecular complexity index is 123. The molecule has 0 bridgehead atoms. The zero-order chi connectivity index (χ0) is 7.28. The Morgan fingerprint density at radius 1 is 1.67 bits per heavy atom. The van der Waals surface area contributed by atoms with E-state index in [1.807, 2.05) is 0 Å². The molecule has 0 aromatic carbocycles. The lowest BCUT2D eigenvalue weighted by Gasteiger charge is -2.04. The number of hydrogen-bond acceptors (Lipinski definition) is 2. The molecule has 0 aliphatic rings. The molecule has 2 heteroatoms. The van der Waals surface area contributed by atoms with E-state index in [0.29, 0.717) is 0 Å². The Kier molecular flexibility index (Phi) is 3.78.